The number of piperidine rings is 1. The molecule has 0 bridgehead atoms. The highest BCUT2D eigenvalue weighted by Gasteiger charge is 2.41. The van der Waals surface area contributed by atoms with Gasteiger partial charge in [0.1, 0.15) is 11.5 Å². The number of para-hydroxylation sites is 1. The van der Waals surface area contributed by atoms with Crippen LogP contribution in [0.4, 0.5) is 4.39 Å². The van der Waals surface area contributed by atoms with Gasteiger partial charge in [-0.05, 0) is 23.8 Å². The Balaban J connectivity index is 1.72. The molecule has 2 aliphatic heterocycles. The Hall–Kier alpha value is -2.93. The van der Waals surface area contributed by atoms with Gasteiger partial charge in [-0.3, -0.25) is 15.1 Å². The van der Waals surface area contributed by atoms with Gasteiger partial charge < -0.3 is 14.7 Å². The zero-order chi connectivity index (χ0) is 21.3. The summed E-state index contributed by atoms with van der Waals surface area (Å²) >= 11 is 0. The maximum absolute atomic E-state index is 13.5. The molecule has 6 nitrogen and oxygen atoms in total. The Bertz CT molecular complexity index is 966. The molecule has 0 aromatic heterocycles. The number of methoxy groups -OCH3 is 1. The minimum atomic E-state index is -0.548. The summed E-state index contributed by atoms with van der Waals surface area (Å²) < 4.78 is 18.7. The lowest BCUT2D eigenvalue weighted by Crippen LogP contribution is -2.56. The Morgan fingerprint density at radius 1 is 1.23 bits per heavy atom. The van der Waals surface area contributed by atoms with Gasteiger partial charge >= 0.3 is 0 Å². The first-order chi connectivity index (χ1) is 14.4. The highest BCUT2D eigenvalue weighted by Crippen LogP contribution is 2.40. The second-order valence-electron chi connectivity index (χ2n) is 7.90. The van der Waals surface area contributed by atoms with E-state index in [0.29, 0.717) is 38.1 Å². The molecule has 1 fully saturated rings. The minimum absolute atomic E-state index is 0.0605. The van der Waals surface area contributed by atoms with Gasteiger partial charge in [-0.2, -0.15) is 0 Å². The Kier molecular flexibility index (Phi) is 5.47. The number of benzene rings is 2. The number of rotatable bonds is 3. The van der Waals surface area contributed by atoms with Crippen molar-refractivity contribution >= 4 is 11.6 Å². The number of nitrogens with one attached hydrogen (secondary N) is 1. The molecule has 1 amide bonds. The molecule has 0 unspecified atom stereocenters. The zero-order valence-electron chi connectivity index (χ0n) is 17.2. The van der Waals surface area contributed by atoms with Crippen LogP contribution >= 0.6 is 0 Å². The van der Waals surface area contributed by atoms with Crippen LogP contribution in [0.15, 0.2) is 47.5 Å². The number of carbonyl (C=O) groups is 1. The molecule has 2 aromatic carbocycles. The number of aromatic hydroxyl groups is 1. The topological polar surface area (TPSA) is 74.2 Å². The fraction of sp³-hybridized carbons (Fsp3) is 0.391. The number of halogens is 1. The zero-order valence-corrected chi connectivity index (χ0v) is 17.2. The quantitative estimate of drug-likeness (QED) is 0.812. The van der Waals surface area contributed by atoms with Gasteiger partial charge in [-0.1, -0.05) is 24.3 Å². The van der Waals surface area contributed by atoms with Crippen LogP contribution in [-0.4, -0.2) is 47.5 Å². The summed E-state index contributed by atoms with van der Waals surface area (Å²) in [5.74, 6) is 0.292. The van der Waals surface area contributed by atoms with Gasteiger partial charge in [0.2, 0.25) is 5.91 Å². The Morgan fingerprint density at radius 2 is 1.93 bits per heavy atom. The SMILES string of the molecule is COc1cccc([C@H]2CC(c3ccc(F)cc3)=NC3(CCN(C(C)=O)CC3)N2)c1O. The lowest BCUT2D eigenvalue weighted by Gasteiger charge is -2.45. The maximum Gasteiger partial charge on any atom is 0.219 e. The van der Waals surface area contributed by atoms with Gasteiger partial charge in [0.15, 0.2) is 11.5 Å². The molecule has 2 N–H and O–H groups in total. The summed E-state index contributed by atoms with van der Waals surface area (Å²) in [6, 6.07) is 11.6. The van der Waals surface area contributed by atoms with Gasteiger partial charge in [-0.25, -0.2) is 4.39 Å². The molecular formula is C23H26FN3O3. The summed E-state index contributed by atoms with van der Waals surface area (Å²) in [5, 5.41) is 14.4. The molecule has 1 spiro atoms. The van der Waals surface area contributed by atoms with Gasteiger partial charge in [0.25, 0.3) is 0 Å². The van der Waals surface area contributed by atoms with Crippen LogP contribution in [0.2, 0.25) is 0 Å². The first-order valence-electron chi connectivity index (χ1n) is 10.1. The average molecular weight is 411 g/mol. The third kappa shape index (κ3) is 3.89. The van der Waals surface area contributed by atoms with Crippen LogP contribution in [0.25, 0.3) is 0 Å². The molecule has 0 radical (unpaired) electrons. The van der Waals surface area contributed by atoms with Gasteiger partial charge in [0, 0.05) is 56.6 Å². The number of amides is 1. The van der Waals surface area contributed by atoms with Gasteiger partial charge in [0.05, 0.1) is 7.11 Å². The molecule has 1 saturated heterocycles. The smallest absolute Gasteiger partial charge is 0.219 e. The number of hydrogen-bond donors (Lipinski definition) is 2. The van der Waals surface area contributed by atoms with Gasteiger partial charge in [-0.15, -0.1) is 0 Å². The van der Waals surface area contributed by atoms with Crippen molar-refractivity contribution in [3.05, 3.63) is 59.4 Å². The van der Waals surface area contributed by atoms with E-state index in [1.54, 1.807) is 25.1 Å². The standard InChI is InChI=1S/C23H26FN3O3/c1-15(28)27-12-10-23(11-13-27)25-19(16-6-8-17(24)9-7-16)14-20(26-23)18-4-3-5-21(30-2)22(18)29/h3-9,20,26,29H,10-14H2,1-2H3/t20-/m1/s1. The lowest BCUT2D eigenvalue weighted by molar-refractivity contribution is -0.130. The van der Waals surface area contributed by atoms with Crippen molar-refractivity contribution in [3.63, 3.8) is 0 Å². The predicted molar refractivity (Wildman–Crippen MR) is 112 cm³/mol. The molecular weight excluding hydrogens is 385 g/mol. The molecule has 2 heterocycles. The van der Waals surface area contributed by atoms with Crippen LogP contribution in [0.1, 0.15) is 43.4 Å². The lowest BCUT2D eigenvalue weighted by atomic mass is 9.87. The number of phenolic OH excluding ortho intramolecular Hbond substituents is 1. The summed E-state index contributed by atoms with van der Waals surface area (Å²) in [5.41, 5.74) is 1.90. The van der Waals surface area contributed by atoms with E-state index >= 15 is 0 Å². The van der Waals surface area contributed by atoms with Crippen LogP contribution in [-0.2, 0) is 4.79 Å². The summed E-state index contributed by atoms with van der Waals surface area (Å²) in [4.78, 5) is 18.6. The molecule has 2 aliphatic rings. The second kappa shape index (κ2) is 8.07. The van der Waals surface area contributed by atoms with E-state index in [0.717, 1.165) is 16.8 Å². The summed E-state index contributed by atoms with van der Waals surface area (Å²) in [7, 11) is 1.53. The number of phenols is 1. The molecule has 30 heavy (non-hydrogen) atoms. The molecule has 0 aliphatic carbocycles. The number of nitrogens with zero attached hydrogens (tertiary/aromatic N) is 2. The largest absolute Gasteiger partial charge is 0.504 e. The maximum atomic E-state index is 13.5. The first kappa shape index (κ1) is 20.3. The van der Waals surface area contributed by atoms with Crippen molar-refractivity contribution in [2.75, 3.05) is 20.2 Å². The fourth-order valence-electron chi connectivity index (χ4n) is 4.35. The number of likely N-dealkylation sites (tertiary alicyclic amines) is 1. The summed E-state index contributed by atoms with van der Waals surface area (Å²) in [6.45, 7) is 2.80. The van der Waals surface area contributed by atoms with Crippen LogP contribution in [0, 0.1) is 5.82 Å². The second-order valence-corrected chi connectivity index (χ2v) is 7.90. The van der Waals surface area contributed by atoms with E-state index in [9.17, 15) is 14.3 Å². The molecule has 4 rings (SSSR count). The number of aliphatic imine (C=N–C) groups is 1. The van der Waals surface area contributed by atoms with Crippen LogP contribution in [0.5, 0.6) is 11.5 Å². The number of hydrogen-bond acceptors (Lipinski definition) is 5. The van der Waals surface area contributed by atoms with Crippen molar-refractivity contribution < 1.29 is 19.0 Å². The van der Waals surface area contributed by atoms with Crippen molar-refractivity contribution in [3.8, 4) is 11.5 Å². The highest BCUT2D eigenvalue weighted by molar-refractivity contribution is 6.01. The van der Waals surface area contributed by atoms with E-state index in [-0.39, 0.29) is 23.5 Å². The average Bonchev–Trinajstić information content (AvgIpc) is 2.74. The van der Waals surface area contributed by atoms with Crippen LogP contribution in [0.3, 0.4) is 0 Å². The first-order valence-corrected chi connectivity index (χ1v) is 10.1. The van der Waals surface area contributed by atoms with E-state index in [1.807, 2.05) is 17.0 Å². The predicted octanol–water partition coefficient (Wildman–Crippen LogP) is 3.40. The number of carbonyl (C=O) groups excluding carboxylic acids is 1. The molecule has 1 atom stereocenters. The van der Waals surface area contributed by atoms with Crippen LogP contribution < -0.4 is 10.1 Å². The van der Waals surface area contributed by atoms with Crippen molar-refractivity contribution in [2.45, 2.75) is 37.9 Å². The third-order valence-electron chi connectivity index (χ3n) is 6.03. The number of ether oxygens (including phenoxy) is 1. The molecule has 158 valence electrons. The Labute approximate surface area is 175 Å². The third-order valence-corrected chi connectivity index (χ3v) is 6.03. The van der Waals surface area contributed by atoms with Crippen molar-refractivity contribution in [1.29, 1.82) is 0 Å². The van der Waals surface area contributed by atoms with E-state index < -0.39 is 5.66 Å². The minimum Gasteiger partial charge on any atom is -0.504 e. The summed E-state index contributed by atoms with van der Waals surface area (Å²) in [6.07, 6.45) is 1.88. The Morgan fingerprint density at radius 3 is 2.57 bits per heavy atom. The van der Waals surface area contributed by atoms with E-state index in [4.69, 9.17) is 9.73 Å². The highest BCUT2D eigenvalue weighted by atomic mass is 19.1. The molecule has 0 saturated carbocycles. The normalized spacial score (nSPS) is 20.7. The molecule has 7 heteroatoms. The van der Waals surface area contributed by atoms with E-state index in [1.165, 1.54) is 19.2 Å². The van der Waals surface area contributed by atoms with Crippen molar-refractivity contribution in [2.24, 2.45) is 4.99 Å². The monoisotopic (exact) mass is 411 g/mol. The fourth-order valence-corrected chi connectivity index (χ4v) is 4.35. The van der Waals surface area contributed by atoms with Crippen molar-refractivity contribution in [1.82, 2.24) is 10.2 Å². The van der Waals surface area contributed by atoms with E-state index in [2.05, 4.69) is 5.32 Å². The molecule has 2 aromatic rings.